The van der Waals surface area contributed by atoms with E-state index in [1.807, 2.05) is 24.3 Å². The average molecular weight is 443 g/mol. The standard InChI is InChI=1S/C23H23ClN2O3S/c1-2-3-4-5-14-29-19-12-6-16(7-13-19)15-20-21(27)25-23(30)26(22(20)28)18-10-8-17(24)9-11-18/h6-13,15H,2-5,14H2,1H3,(H,25,27,30). The fourth-order valence-electron chi connectivity index (χ4n) is 3.03. The number of carbonyl (C=O) groups is 2. The van der Waals surface area contributed by atoms with Crippen LogP contribution in [-0.4, -0.2) is 23.5 Å². The predicted octanol–water partition coefficient (Wildman–Crippen LogP) is 5.13. The van der Waals surface area contributed by atoms with Crippen molar-refractivity contribution in [3.05, 3.63) is 64.7 Å². The third-order valence-corrected chi connectivity index (χ3v) is 5.18. The van der Waals surface area contributed by atoms with Crippen LogP contribution in [0, 0.1) is 0 Å². The summed E-state index contributed by atoms with van der Waals surface area (Å²) >= 11 is 11.1. The molecule has 1 aliphatic rings. The Morgan fingerprint density at radius 2 is 1.73 bits per heavy atom. The molecule has 1 fully saturated rings. The lowest BCUT2D eigenvalue weighted by Gasteiger charge is -2.28. The number of nitrogens with zero attached hydrogens (tertiary/aromatic N) is 1. The Kier molecular flexibility index (Phi) is 7.60. The molecule has 2 aromatic rings. The molecule has 0 atom stereocenters. The van der Waals surface area contributed by atoms with E-state index in [1.165, 1.54) is 17.7 Å². The molecule has 0 aromatic heterocycles. The highest BCUT2D eigenvalue weighted by atomic mass is 35.5. The van der Waals surface area contributed by atoms with Crippen LogP contribution in [0.25, 0.3) is 6.08 Å². The Labute approximate surface area is 186 Å². The molecule has 0 radical (unpaired) electrons. The molecule has 7 heteroatoms. The van der Waals surface area contributed by atoms with Gasteiger partial charge < -0.3 is 4.74 Å². The molecule has 3 rings (SSSR count). The van der Waals surface area contributed by atoms with Crippen LogP contribution in [0.4, 0.5) is 5.69 Å². The molecule has 1 heterocycles. The van der Waals surface area contributed by atoms with Crippen molar-refractivity contribution in [1.29, 1.82) is 0 Å². The normalized spacial score (nSPS) is 15.5. The van der Waals surface area contributed by atoms with E-state index in [-0.39, 0.29) is 10.7 Å². The summed E-state index contributed by atoms with van der Waals surface area (Å²) in [6.07, 6.45) is 6.13. The number of thiocarbonyl (C=S) groups is 1. The molecule has 0 aliphatic carbocycles. The second-order valence-electron chi connectivity index (χ2n) is 6.91. The quantitative estimate of drug-likeness (QED) is 0.266. The molecule has 1 aliphatic heterocycles. The highest BCUT2D eigenvalue weighted by Gasteiger charge is 2.34. The molecule has 0 bridgehead atoms. The maximum atomic E-state index is 13.0. The summed E-state index contributed by atoms with van der Waals surface area (Å²) in [5.41, 5.74) is 1.26. The van der Waals surface area contributed by atoms with Gasteiger partial charge in [-0.3, -0.25) is 19.8 Å². The number of hydrogen-bond acceptors (Lipinski definition) is 4. The zero-order valence-electron chi connectivity index (χ0n) is 16.7. The fraction of sp³-hybridized carbons (Fsp3) is 0.261. The van der Waals surface area contributed by atoms with Gasteiger partial charge in [-0.2, -0.15) is 0 Å². The van der Waals surface area contributed by atoms with Crippen LogP contribution in [0.2, 0.25) is 5.02 Å². The first-order chi connectivity index (χ1) is 14.5. The maximum Gasteiger partial charge on any atom is 0.270 e. The predicted molar refractivity (Wildman–Crippen MR) is 124 cm³/mol. The van der Waals surface area contributed by atoms with Gasteiger partial charge >= 0.3 is 0 Å². The molecule has 30 heavy (non-hydrogen) atoms. The van der Waals surface area contributed by atoms with Crippen molar-refractivity contribution in [2.45, 2.75) is 32.6 Å². The smallest absolute Gasteiger partial charge is 0.270 e. The zero-order valence-corrected chi connectivity index (χ0v) is 18.3. The van der Waals surface area contributed by atoms with Gasteiger partial charge in [-0.05, 0) is 66.7 Å². The summed E-state index contributed by atoms with van der Waals surface area (Å²) in [4.78, 5) is 26.7. The molecular weight excluding hydrogens is 420 g/mol. The van der Waals surface area contributed by atoms with Crippen molar-refractivity contribution >= 4 is 52.5 Å². The first-order valence-corrected chi connectivity index (χ1v) is 10.7. The Morgan fingerprint density at radius 1 is 1.03 bits per heavy atom. The van der Waals surface area contributed by atoms with Crippen LogP contribution in [0.5, 0.6) is 5.75 Å². The monoisotopic (exact) mass is 442 g/mol. The van der Waals surface area contributed by atoms with E-state index >= 15 is 0 Å². The molecule has 2 aromatic carbocycles. The van der Waals surface area contributed by atoms with Gasteiger partial charge in [-0.25, -0.2) is 0 Å². The van der Waals surface area contributed by atoms with Crippen molar-refractivity contribution < 1.29 is 14.3 Å². The lowest BCUT2D eigenvalue weighted by atomic mass is 10.1. The number of nitrogens with one attached hydrogen (secondary N) is 1. The number of anilines is 1. The summed E-state index contributed by atoms with van der Waals surface area (Å²) in [7, 11) is 0. The SMILES string of the molecule is CCCCCCOc1ccc(C=C2C(=O)NC(=S)N(c3ccc(Cl)cc3)C2=O)cc1. The Hall–Kier alpha value is -2.70. The number of ether oxygens (including phenoxy) is 1. The fourth-order valence-corrected chi connectivity index (χ4v) is 3.43. The summed E-state index contributed by atoms with van der Waals surface area (Å²) in [6.45, 7) is 2.85. The van der Waals surface area contributed by atoms with Crippen molar-refractivity contribution in [3.63, 3.8) is 0 Å². The summed E-state index contributed by atoms with van der Waals surface area (Å²) in [5, 5.41) is 3.15. The summed E-state index contributed by atoms with van der Waals surface area (Å²) in [5.74, 6) is -0.245. The number of unbranched alkanes of at least 4 members (excludes halogenated alkanes) is 3. The Morgan fingerprint density at radius 3 is 2.40 bits per heavy atom. The minimum Gasteiger partial charge on any atom is -0.494 e. The third-order valence-electron chi connectivity index (χ3n) is 4.64. The number of hydrogen-bond donors (Lipinski definition) is 1. The number of benzene rings is 2. The molecule has 156 valence electrons. The average Bonchev–Trinajstić information content (AvgIpc) is 2.73. The van der Waals surface area contributed by atoms with E-state index < -0.39 is 11.8 Å². The van der Waals surface area contributed by atoms with Crippen LogP contribution in [0.15, 0.2) is 54.1 Å². The first kappa shape index (κ1) is 22.0. The number of amides is 2. The van der Waals surface area contributed by atoms with Gasteiger partial charge in [0.05, 0.1) is 12.3 Å². The zero-order chi connectivity index (χ0) is 21.5. The topological polar surface area (TPSA) is 58.6 Å². The van der Waals surface area contributed by atoms with Crippen LogP contribution < -0.4 is 15.0 Å². The van der Waals surface area contributed by atoms with Crippen LogP contribution in [0.1, 0.15) is 38.2 Å². The van der Waals surface area contributed by atoms with Gasteiger partial charge in [0.25, 0.3) is 11.8 Å². The molecule has 2 amide bonds. The van der Waals surface area contributed by atoms with Crippen molar-refractivity contribution in [2.24, 2.45) is 0 Å². The number of halogens is 1. The van der Waals surface area contributed by atoms with E-state index in [1.54, 1.807) is 30.3 Å². The van der Waals surface area contributed by atoms with Gasteiger partial charge in [0, 0.05) is 5.02 Å². The second kappa shape index (κ2) is 10.4. The van der Waals surface area contributed by atoms with Gasteiger partial charge in [-0.1, -0.05) is 49.9 Å². The second-order valence-corrected chi connectivity index (χ2v) is 7.74. The van der Waals surface area contributed by atoms with Crippen molar-refractivity contribution in [2.75, 3.05) is 11.5 Å². The molecular formula is C23H23ClN2O3S. The van der Waals surface area contributed by atoms with Gasteiger partial charge in [0.1, 0.15) is 11.3 Å². The molecule has 0 unspecified atom stereocenters. The maximum absolute atomic E-state index is 13.0. The van der Waals surface area contributed by atoms with E-state index in [4.69, 9.17) is 28.6 Å². The molecule has 5 nitrogen and oxygen atoms in total. The minimum absolute atomic E-state index is 0.00628. The van der Waals surface area contributed by atoms with E-state index in [0.717, 1.165) is 24.2 Å². The third kappa shape index (κ3) is 5.46. The van der Waals surface area contributed by atoms with Gasteiger partial charge in [0.2, 0.25) is 0 Å². The minimum atomic E-state index is -0.522. The number of carbonyl (C=O) groups excluding carboxylic acids is 2. The molecule has 0 spiro atoms. The van der Waals surface area contributed by atoms with Gasteiger partial charge in [0.15, 0.2) is 5.11 Å². The van der Waals surface area contributed by atoms with Crippen LogP contribution in [0.3, 0.4) is 0 Å². The Balaban J connectivity index is 1.73. The van der Waals surface area contributed by atoms with E-state index in [2.05, 4.69) is 12.2 Å². The van der Waals surface area contributed by atoms with Crippen LogP contribution in [-0.2, 0) is 9.59 Å². The molecule has 1 saturated heterocycles. The molecule has 0 saturated carbocycles. The molecule has 1 N–H and O–H groups in total. The lowest BCUT2D eigenvalue weighted by Crippen LogP contribution is -2.54. The summed E-state index contributed by atoms with van der Waals surface area (Å²) in [6, 6.07) is 14.0. The highest BCUT2D eigenvalue weighted by Crippen LogP contribution is 2.24. The highest BCUT2D eigenvalue weighted by molar-refractivity contribution is 7.80. The van der Waals surface area contributed by atoms with E-state index in [0.29, 0.717) is 17.3 Å². The van der Waals surface area contributed by atoms with Crippen molar-refractivity contribution in [3.8, 4) is 5.75 Å². The Bertz CT molecular complexity index is 955. The number of rotatable bonds is 8. The van der Waals surface area contributed by atoms with E-state index in [9.17, 15) is 9.59 Å². The summed E-state index contributed by atoms with van der Waals surface area (Å²) < 4.78 is 5.74. The van der Waals surface area contributed by atoms with Crippen molar-refractivity contribution in [1.82, 2.24) is 5.32 Å². The largest absolute Gasteiger partial charge is 0.494 e. The van der Waals surface area contributed by atoms with Gasteiger partial charge in [-0.15, -0.1) is 0 Å². The first-order valence-electron chi connectivity index (χ1n) is 9.89. The van der Waals surface area contributed by atoms with Crippen LogP contribution >= 0.6 is 23.8 Å². The lowest BCUT2D eigenvalue weighted by molar-refractivity contribution is -0.122.